The van der Waals surface area contributed by atoms with Crippen LogP contribution in [0.25, 0.3) is 0 Å². The minimum atomic E-state index is -0.425. The molecule has 0 unspecified atom stereocenters. The highest BCUT2D eigenvalue weighted by Crippen LogP contribution is 2.21. The fourth-order valence-electron chi connectivity index (χ4n) is 2.21. The molecule has 0 saturated heterocycles. The number of carbonyl (C=O) groups is 2. The van der Waals surface area contributed by atoms with E-state index >= 15 is 0 Å². The van der Waals surface area contributed by atoms with Gasteiger partial charge < -0.3 is 14.7 Å². The van der Waals surface area contributed by atoms with E-state index in [9.17, 15) is 14.0 Å². The number of rotatable bonds is 7. The zero-order chi connectivity index (χ0) is 19.3. The highest BCUT2D eigenvalue weighted by molar-refractivity contribution is 8.01. The Hall–Kier alpha value is -2.35. The van der Waals surface area contributed by atoms with Gasteiger partial charge in [-0.2, -0.15) is 0 Å². The molecule has 2 atom stereocenters. The van der Waals surface area contributed by atoms with Crippen LogP contribution < -0.4 is 5.32 Å². The molecule has 0 bridgehead atoms. The van der Waals surface area contributed by atoms with E-state index in [0.717, 1.165) is 5.56 Å². The molecule has 0 aliphatic carbocycles. The highest BCUT2D eigenvalue weighted by atomic mass is 32.2. The Kier molecular flexibility index (Phi) is 6.79. The van der Waals surface area contributed by atoms with Gasteiger partial charge in [0.05, 0.1) is 17.0 Å². The van der Waals surface area contributed by atoms with Gasteiger partial charge in [0.15, 0.2) is 5.82 Å². The standard InChI is InChI=1S/C18H22FN3O3S/c1-11-9-16(21-25-11)20-18(24)13(3)26-10-17(23)22(4)12(2)14-5-7-15(19)8-6-14/h5-9,12-13H,10H2,1-4H3,(H,20,21,24)/t12-,13-/m0/s1. The van der Waals surface area contributed by atoms with Crippen LogP contribution in [-0.4, -0.2) is 39.9 Å². The number of aryl methyl sites for hydroxylation is 1. The molecular weight excluding hydrogens is 357 g/mol. The number of amides is 2. The molecule has 1 aromatic carbocycles. The van der Waals surface area contributed by atoms with E-state index in [2.05, 4.69) is 10.5 Å². The highest BCUT2D eigenvalue weighted by Gasteiger charge is 2.21. The van der Waals surface area contributed by atoms with Crippen LogP contribution in [0.3, 0.4) is 0 Å². The van der Waals surface area contributed by atoms with E-state index in [4.69, 9.17) is 4.52 Å². The Morgan fingerprint density at radius 3 is 2.54 bits per heavy atom. The van der Waals surface area contributed by atoms with Gasteiger partial charge in [-0.15, -0.1) is 11.8 Å². The van der Waals surface area contributed by atoms with Crippen molar-refractivity contribution in [3.05, 3.63) is 47.5 Å². The Morgan fingerprint density at radius 2 is 1.96 bits per heavy atom. The molecule has 6 nitrogen and oxygen atoms in total. The summed E-state index contributed by atoms with van der Waals surface area (Å²) in [5.74, 6) is 0.455. The summed E-state index contributed by atoms with van der Waals surface area (Å²) < 4.78 is 17.9. The van der Waals surface area contributed by atoms with Crippen molar-refractivity contribution in [3.63, 3.8) is 0 Å². The number of aromatic nitrogens is 1. The predicted molar refractivity (Wildman–Crippen MR) is 99.4 cm³/mol. The van der Waals surface area contributed by atoms with E-state index in [0.29, 0.717) is 11.6 Å². The molecule has 26 heavy (non-hydrogen) atoms. The van der Waals surface area contributed by atoms with Gasteiger partial charge in [-0.3, -0.25) is 9.59 Å². The van der Waals surface area contributed by atoms with Gasteiger partial charge in [0.1, 0.15) is 11.6 Å². The van der Waals surface area contributed by atoms with Gasteiger partial charge in [-0.05, 0) is 38.5 Å². The topological polar surface area (TPSA) is 75.4 Å². The minimum Gasteiger partial charge on any atom is -0.360 e. The van der Waals surface area contributed by atoms with Crippen LogP contribution in [-0.2, 0) is 9.59 Å². The lowest BCUT2D eigenvalue weighted by molar-refractivity contribution is -0.128. The SMILES string of the molecule is Cc1cc(NC(=O)[C@H](C)SCC(=O)N(C)[C@@H](C)c2ccc(F)cc2)no1. The summed E-state index contributed by atoms with van der Waals surface area (Å²) in [7, 11) is 1.69. The molecule has 140 valence electrons. The Balaban J connectivity index is 1.84. The van der Waals surface area contributed by atoms with Gasteiger partial charge in [0.2, 0.25) is 11.8 Å². The molecule has 2 aromatic rings. The third kappa shape index (κ3) is 5.32. The van der Waals surface area contributed by atoms with Crippen molar-refractivity contribution in [2.45, 2.75) is 32.1 Å². The van der Waals surface area contributed by atoms with Crippen molar-refractivity contribution < 1.29 is 18.5 Å². The first-order valence-corrected chi connectivity index (χ1v) is 9.19. The lowest BCUT2D eigenvalue weighted by Crippen LogP contribution is -2.32. The van der Waals surface area contributed by atoms with Gasteiger partial charge >= 0.3 is 0 Å². The number of benzene rings is 1. The molecule has 8 heteroatoms. The third-order valence-electron chi connectivity index (χ3n) is 4.03. The molecular formula is C18H22FN3O3S. The molecule has 0 fully saturated rings. The zero-order valence-electron chi connectivity index (χ0n) is 15.2. The minimum absolute atomic E-state index is 0.108. The number of halogens is 1. The zero-order valence-corrected chi connectivity index (χ0v) is 16.0. The molecule has 2 rings (SSSR count). The summed E-state index contributed by atoms with van der Waals surface area (Å²) in [4.78, 5) is 26.1. The molecule has 0 radical (unpaired) electrons. The number of anilines is 1. The maximum Gasteiger partial charge on any atom is 0.238 e. The largest absolute Gasteiger partial charge is 0.360 e. The smallest absolute Gasteiger partial charge is 0.238 e. The third-order valence-corrected chi connectivity index (χ3v) is 5.16. The quantitative estimate of drug-likeness (QED) is 0.798. The Bertz CT molecular complexity index is 763. The van der Waals surface area contributed by atoms with E-state index < -0.39 is 5.25 Å². The molecule has 1 N–H and O–H groups in total. The van der Waals surface area contributed by atoms with Crippen molar-refractivity contribution in [2.24, 2.45) is 0 Å². The first kappa shape index (κ1) is 20.0. The number of carbonyl (C=O) groups excluding carboxylic acids is 2. The molecule has 1 aromatic heterocycles. The van der Waals surface area contributed by atoms with E-state index in [-0.39, 0.29) is 29.4 Å². The molecule has 0 aliphatic heterocycles. The predicted octanol–water partition coefficient (Wildman–Crippen LogP) is 3.40. The fourth-order valence-corrected chi connectivity index (χ4v) is 3.01. The first-order chi connectivity index (χ1) is 12.3. The summed E-state index contributed by atoms with van der Waals surface area (Å²) in [6.07, 6.45) is 0. The Morgan fingerprint density at radius 1 is 1.31 bits per heavy atom. The Labute approximate surface area is 156 Å². The van der Waals surface area contributed by atoms with Gasteiger partial charge in [0, 0.05) is 13.1 Å². The van der Waals surface area contributed by atoms with E-state index in [1.165, 1.54) is 23.9 Å². The van der Waals surface area contributed by atoms with Crippen molar-refractivity contribution in [3.8, 4) is 0 Å². The number of nitrogens with one attached hydrogen (secondary N) is 1. The van der Waals surface area contributed by atoms with Gasteiger partial charge in [-0.25, -0.2) is 4.39 Å². The monoisotopic (exact) mass is 379 g/mol. The maximum absolute atomic E-state index is 13.0. The summed E-state index contributed by atoms with van der Waals surface area (Å²) in [6, 6.07) is 7.50. The van der Waals surface area contributed by atoms with Crippen LogP contribution >= 0.6 is 11.8 Å². The van der Waals surface area contributed by atoms with Crippen LogP contribution in [0.4, 0.5) is 10.2 Å². The maximum atomic E-state index is 13.0. The average molecular weight is 379 g/mol. The summed E-state index contributed by atoms with van der Waals surface area (Å²) >= 11 is 1.24. The second-order valence-corrected chi connectivity index (χ2v) is 7.33. The molecule has 0 spiro atoms. The number of nitrogens with zero attached hydrogens (tertiary/aromatic N) is 2. The lowest BCUT2D eigenvalue weighted by atomic mass is 10.1. The average Bonchev–Trinajstić information content (AvgIpc) is 3.03. The number of hydrogen-bond donors (Lipinski definition) is 1. The first-order valence-electron chi connectivity index (χ1n) is 8.15. The normalized spacial score (nSPS) is 13.1. The second-order valence-electron chi connectivity index (χ2n) is 6.00. The van der Waals surface area contributed by atoms with E-state index in [1.807, 2.05) is 6.92 Å². The molecule has 0 aliphatic rings. The van der Waals surface area contributed by atoms with Crippen LogP contribution in [0.5, 0.6) is 0 Å². The van der Waals surface area contributed by atoms with Crippen molar-refractivity contribution in [2.75, 3.05) is 18.1 Å². The van der Waals surface area contributed by atoms with Crippen LogP contribution in [0.2, 0.25) is 0 Å². The van der Waals surface area contributed by atoms with Gasteiger partial charge in [0.25, 0.3) is 0 Å². The summed E-state index contributed by atoms with van der Waals surface area (Å²) in [6.45, 7) is 5.33. The van der Waals surface area contributed by atoms with Crippen molar-refractivity contribution in [1.82, 2.24) is 10.1 Å². The fraction of sp³-hybridized carbons (Fsp3) is 0.389. The van der Waals surface area contributed by atoms with Crippen molar-refractivity contribution >= 4 is 29.4 Å². The van der Waals surface area contributed by atoms with Gasteiger partial charge in [-0.1, -0.05) is 17.3 Å². The van der Waals surface area contributed by atoms with Crippen LogP contribution in [0.1, 0.15) is 31.2 Å². The summed E-state index contributed by atoms with van der Waals surface area (Å²) in [5.41, 5.74) is 0.847. The second kappa shape index (κ2) is 8.84. The van der Waals surface area contributed by atoms with Crippen molar-refractivity contribution in [1.29, 1.82) is 0 Å². The molecule has 1 heterocycles. The molecule has 2 amide bonds. The number of thioether (sulfide) groups is 1. The molecule has 0 saturated carbocycles. The lowest BCUT2D eigenvalue weighted by Gasteiger charge is -2.25. The van der Waals surface area contributed by atoms with E-state index in [1.54, 1.807) is 44.0 Å². The number of hydrogen-bond acceptors (Lipinski definition) is 5. The van der Waals surface area contributed by atoms with Crippen LogP contribution in [0.15, 0.2) is 34.9 Å². The van der Waals surface area contributed by atoms with Crippen LogP contribution in [0, 0.1) is 12.7 Å². The summed E-state index contributed by atoms with van der Waals surface area (Å²) in [5, 5.41) is 5.93.